The molecule has 5 atom stereocenters. The van der Waals surface area contributed by atoms with Crippen LogP contribution in [0.25, 0.3) is 0 Å². The number of nitrogens with one attached hydrogen (secondary N) is 1. The van der Waals surface area contributed by atoms with E-state index in [0.29, 0.717) is 0 Å². The molecule has 3 aliphatic rings. The summed E-state index contributed by atoms with van der Waals surface area (Å²) in [5, 5.41) is 4.80. The van der Waals surface area contributed by atoms with Crippen LogP contribution in [0.2, 0.25) is 0 Å². The zero-order valence-corrected chi connectivity index (χ0v) is 10.3. The highest BCUT2D eigenvalue weighted by molar-refractivity contribution is 7.99. The standard InChI is InChI=1S/C13H21NS/c1-15-13-7-3-6-11(13)14-12-8-9-4-2-5-10(9)12/h2,5,9-14H,3-4,6-8H2,1H3. The molecule has 84 valence electrons. The zero-order chi connectivity index (χ0) is 10.3. The average Bonchev–Trinajstić information content (AvgIpc) is 2.80. The zero-order valence-electron chi connectivity index (χ0n) is 9.49. The molecule has 15 heavy (non-hydrogen) atoms. The van der Waals surface area contributed by atoms with Gasteiger partial charge in [0.05, 0.1) is 0 Å². The van der Waals surface area contributed by atoms with E-state index >= 15 is 0 Å². The number of thioether (sulfide) groups is 1. The van der Waals surface area contributed by atoms with Gasteiger partial charge in [-0.1, -0.05) is 18.6 Å². The highest BCUT2D eigenvalue weighted by Gasteiger charge is 2.42. The Morgan fingerprint density at radius 3 is 3.00 bits per heavy atom. The Bertz CT molecular complexity index is 263. The second-order valence-electron chi connectivity index (χ2n) is 5.32. The summed E-state index contributed by atoms with van der Waals surface area (Å²) >= 11 is 2.06. The Morgan fingerprint density at radius 2 is 2.20 bits per heavy atom. The van der Waals surface area contributed by atoms with E-state index in [4.69, 9.17) is 0 Å². The summed E-state index contributed by atoms with van der Waals surface area (Å²) in [4.78, 5) is 0. The van der Waals surface area contributed by atoms with Gasteiger partial charge in [0.15, 0.2) is 0 Å². The average molecular weight is 223 g/mol. The molecule has 0 saturated heterocycles. The molecule has 0 amide bonds. The van der Waals surface area contributed by atoms with Crippen LogP contribution in [-0.4, -0.2) is 23.6 Å². The van der Waals surface area contributed by atoms with Crippen molar-refractivity contribution in [2.75, 3.05) is 6.26 Å². The summed E-state index contributed by atoms with van der Waals surface area (Å²) in [7, 11) is 0. The third-order valence-corrected chi connectivity index (χ3v) is 5.72. The van der Waals surface area contributed by atoms with Crippen molar-refractivity contribution in [3.05, 3.63) is 12.2 Å². The van der Waals surface area contributed by atoms with Gasteiger partial charge in [-0.25, -0.2) is 0 Å². The Kier molecular flexibility index (Phi) is 2.82. The van der Waals surface area contributed by atoms with Crippen LogP contribution in [0.1, 0.15) is 32.1 Å². The van der Waals surface area contributed by atoms with E-state index in [-0.39, 0.29) is 0 Å². The molecule has 1 nitrogen and oxygen atoms in total. The van der Waals surface area contributed by atoms with E-state index in [0.717, 1.165) is 29.2 Å². The Hall–Kier alpha value is 0.0500. The maximum Gasteiger partial charge on any atom is 0.0198 e. The molecule has 0 aromatic heterocycles. The van der Waals surface area contributed by atoms with Crippen molar-refractivity contribution in [3.8, 4) is 0 Å². The predicted octanol–water partition coefficient (Wildman–Crippen LogP) is 2.82. The van der Waals surface area contributed by atoms with Gasteiger partial charge in [0.2, 0.25) is 0 Å². The number of hydrogen-bond donors (Lipinski definition) is 1. The van der Waals surface area contributed by atoms with Crippen LogP contribution in [0.3, 0.4) is 0 Å². The molecule has 2 saturated carbocycles. The first-order valence-corrected chi connectivity index (χ1v) is 7.63. The molecule has 0 heterocycles. The van der Waals surface area contributed by atoms with E-state index in [1.807, 2.05) is 0 Å². The molecular weight excluding hydrogens is 202 g/mol. The molecular formula is C13H21NS. The largest absolute Gasteiger partial charge is 0.310 e. The number of fused-ring (bicyclic) bond motifs is 1. The summed E-state index contributed by atoms with van der Waals surface area (Å²) < 4.78 is 0. The SMILES string of the molecule is CSC1CCCC1NC1CC2CC=CC21. The second kappa shape index (κ2) is 4.14. The van der Waals surface area contributed by atoms with Crippen molar-refractivity contribution in [2.45, 2.75) is 49.4 Å². The number of hydrogen-bond acceptors (Lipinski definition) is 2. The molecule has 0 aromatic rings. The Balaban J connectivity index is 1.55. The van der Waals surface area contributed by atoms with Gasteiger partial charge in [0.25, 0.3) is 0 Å². The summed E-state index contributed by atoms with van der Waals surface area (Å²) in [6, 6.07) is 1.62. The number of allylic oxidation sites excluding steroid dienone is 1. The maximum atomic E-state index is 3.92. The van der Waals surface area contributed by atoms with Crippen molar-refractivity contribution < 1.29 is 0 Å². The highest BCUT2D eigenvalue weighted by atomic mass is 32.2. The first-order valence-electron chi connectivity index (χ1n) is 6.34. The number of rotatable bonds is 3. The highest BCUT2D eigenvalue weighted by Crippen LogP contribution is 2.43. The Morgan fingerprint density at radius 1 is 1.27 bits per heavy atom. The van der Waals surface area contributed by atoms with Crippen molar-refractivity contribution >= 4 is 11.8 Å². The molecule has 2 fully saturated rings. The first-order chi connectivity index (χ1) is 7.38. The van der Waals surface area contributed by atoms with Crippen molar-refractivity contribution in [1.82, 2.24) is 5.32 Å². The van der Waals surface area contributed by atoms with Gasteiger partial charge in [-0.3, -0.25) is 0 Å². The van der Waals surface area contributed by atoms with Gasteiger partial charge in [0.1, 0.15) is 0 Å². The van der Waals surface area contributed by atoms with E-state index in [2.05, 4.69) is 35.5 Å². The smallest absolute Gasteiger partial charge is 0.0198 e. The summed E-state index contributed by atoms with van der Waals surface area (Å²) in [6.07, 6.45) is 14.1. The third-order valence-electron chi connectivity index (χ3n) is 4.55. The van der Waals surface area contributed by atoms with E-state index < -0.39 is 0 Å². The lowest BCUT2D eigenvalue weighted by Crippen LogP contribution is -2.53. The minimum absolute atomic E-state index is 0.806. The molecule has 0 spiro atoms. The van der Waals surface area contributed by atoms with Crippen molar-refractivity contribution in [3.63, 3.8) is 0 Å². The lowest BCUT2D eigenvalue weighted by Gasteiger charge is -2.43. The topological polar surface area (TPSA) is 12.0 Å². The Labute approximate surface area is 97.1 Å². The molecule has 0 aliphatic heterocycles. The molecule has 0 bridgehead atoms. The summed E-state index contributed by atoms with van der Waals surface area (Å²) in [5.74, 6) is 1.88. The van der Waals surface area contributed by atoms with Crippen LogP contribution in [0.15, 0.2) is 12.2 Å². The second-order valence-corrected chi connectivity index (χ2v) is 6.40. The van der Waals surface area contributed by atoms with Gasteiger partial charge < -0.3 is 5.32 Å². The summed E-state index contributed by atoms with van der Waals surface area (Å²) in [6.45, 7) is 0. The van der Waals surface area contributed by atoms with E-state index in [9.17, 15) is 0 Å². The maximum absolute atomic E-state index is 3.92. The van der Waals surface area contributed by atoms with Crippen LogP contribution >= 0.6 is 11.8 Å². The van der Waals surface area contributed by atoms with Gasteiger partial charge in [-0.2, -0.15) is 11.8 Å². The van der Waals surface area contributed by atoms with E-state index in [1.54, 1.807) is 0 Å². The molecule has 3 rings (SSSR count). The normalized spacial score (nSPS) is 47.9. The lowest BCUT2D eigenvalue weighted by molar-refractivity contribution is 0.151. The van der Waals surface area contributed by atoms with Gasteiger partial charge >= 0.3 is 0 Å². The fourth-order valence-corrected chi connectivity index (χ4v) is 4.53. The van der Waals surface area contributed by atoms with Gasteiger partial charge in [-0.15, -0.1) is 0 Å². The quantitative estimate of drug-likeness (QED) is 0.738. The first kappa shape index (κ1) is 10.2. The fraction of sp³-hybridized carbons (Fsp3) is 0.846. The minimum Gasteiger partial charge on any atom is -0.310 e. The molecule has 3 aliphatic carbocycles. The van der Waals surface area contributed by atoms with Gasteiger partial charge in [-0.05, 0) is 43.8 Å². The van der Waals surface area contributed by atoms with Crippen LogP contribution in [0.4, 0.5) is 0 Å². The predicted molar refractivity (Wildman–Crippen MR) is 67.2 cm³/mol. The fourth-order valence-electron chi connectivity index (χ4n) is 3.58. The van der Waals surface area contributed by atoms with Crippen LogP contribution in [-0.2, 0) is 0 Å². The lowest BCUT2D eigenvalue weighted by atomic mass is 9.71. The third kappa shape index (κ3) is 1.76. The van der Waals surface area contributed by atoms with Gasteiger partial charge in [0, 0.05) is 17.3 Å². The molecule has 0 aromatic carbocycles. The van der Waals surface area contributed by atoms with Crippen LogP contribution < -0.4 is 5.32 Å². The van der Waals surface area contributed by atoms with E-state index in [1.165, 1.54) is 32.1 Å². The minimum atomic E-state index is 0.806. The molecule has 5 unspecified atom stereocenters. The van der Waals surface area contributed by atoms with Crippen molar-refractivity contribution in [2.24, 2.45) is 11.8 Å². The molecule has 1 N–H and O–H groups in total. The van der Waals surface area contributed by atoms with Crippen LogP contribution in [0, 0.1) is 11.8 Å². The molecule has 2 heteroatoms. The van der Waals surface area contributed by atoms with Crippen LogP contribution in [0.5, 0.6) is 0 Å². The van der Waals surface area contributed by atoms with Crippen molar-refractivity contribution in [1.29, 1.82) is 0 Å². The summed E-state index contributed by atoms with van der Waals surface area (Å²) in [5.41, 5.74) is 0. The molecule has 0 radical (unpaired) electrons. The monoisotopic (exact) mass is 223 g/mol.